The second-order valence-electron chi connectivity index (χ2n) is 5.10. The first-order chi connectivity index (χ1) is 11.6. The van der Waals surface area contributed by atoms with E-state index in [2.05, 4.69) is 5.32 Å². The molecule has 0 aliphatic rings. The standard InChI is InChI=1S/C18H20FNO4/c1-22-15-7-5-14(19)10-13(15)11-20-18(21)9-12-4-6-16(23-2)17(8-12)24-3/h4-8,10H,9,11H2,1-3H3,(H,20,21). The summed E-state index contributed by atoms with van der Waals surface area (Å²) in [6, 6.07) is 9.48. The van der Waals surface area contributed by atoms with Gasteiger partial charge in [0.2, 0.25) is 5.91 Å². The van der Waals surface area contributed by atoms with Crippen molar-refractivity contribution in [2.24, 2.45) is 0 Å². The first-order valence-corrected chi connectivity index (χ1v) is 7.37. The number of hydrogen-bond donors (Lipinski definition) is 1. The van der Waals surface area contributed by atoms with Gasteiger partial charge in [0, 0.05) is 12.1 Å². The minimum Gasteiger partial charge on any atom is -0.496 e. The van der Waals surface area contributed by atoms with E-state index in [1.807, 2.05) is 0 Å². The van der Waals surface area contributed by atoms with Crippen LogP contribution >= 0.6 is 0 Å². The lowest BCUT2D eigenvalue weighted by atomic mass is 10.1. The average molecular weight is 333 g/mol. The molecule has 0 aliphatic heterocycles. The fourth-order valence-electron chi connectivity index (χ4n) is 2.32. The highest BCUT2D eigenvalue weighted by atomic mass is 19.1. The number of nitrogens with one attached hydrogen (secondary N) is 1. The number of hydrogen-bond acceptors (Lipinski definition) is 4. The molecule has 128 valence electrons. The van der Waals surface area contributed by atoms with Crippen LogP contribution in [0.25, 0.3) is 0 Å². The molecule has 0 saturated heterocycles. The minimum atomic E-state index is -0.375. The van der Waals surface area contributed by atoms with Crippen LogP contribution in [-0.4, -0.2) is 27.2 Å². The molecule has 0 aliphatic carbocycles. The molecule has 0 atom stereocenters. The molecule has 0 unspecified atom stereocenters. The van der Waals surface area contributed by atoms with E-state index in [0.717, 1.165) is 5.56 Å². The lowest BCUT2D eigenvalue weighted by molar-refractivity contribution is -0.120. The predicted octanol–water partition coefficient (Wildman–Crippen LogP) is 2.71. The number of carbonyl (C=O) groups is 1. The zero-order valence-electron chi connectivity index (χ0n) is 13.9. The van der Waals surface area contributed by atoms with Crippen LogP contribution in [0.2, 0.25) is 0 Å². The van der Waals surface area contributed by atoms with Crippen molar-refractivity contribution < 1.29 is 23.4 Å². The number of benzene rings is 2. The number of carbonyl (C=O) groups excluding carboxylic acids is 1. The largest absolute Gasteiger partial charge is 0.496 e. The van der Waals surface area contributed by atoms with Crippen LogP contribution in [0.15, 0.2) is 36.4 Å². The van der Waals surface area contributed by atoms with Gasteiger partial charge in [-0.05, 0) is 35.9 Å². The van der Waals surface area contributed by atoms with Crippen LogP contribution in [0, 0.1) is 5.82 Å². The number of rotatable bonds is 7. The van der Waals surface area contributed by atoms with E-state index in [4.69, 9.17) is 14.2 Å². The van der Waals surface area contributed by atoms with Crippen molar-refractivity contribution in [1.29, 1.82) is 0 Å². The molecule has 0 fully saturated rings. The quantitative estimate of drug-likeness (QED) is 0.846. The van der Waals surface area contributed by atoms with Gasteiger partial charge in [-0.25, -0.2) is 4.39 Å². The molecule has 0 bridgehead atoms. The summed E-state index contributed by atoms with van der Waals surface area (Å²) in [5, 5.41) is 2.76. The molecule has 0 spiro atoms. The van der Waals surface area contributed by atoms with Gasteiger partial charge in [0.1, 0.15) is 11.6 Å². The zero-order chi connectivity index (χ0) is 17.5. The third-order valence-corrected chi connectivity index (χ3v) is 3.53. The molecule has 2 aromatic carbocycles. The Kier molecular flexibility index (Phi) is 6.01. The van der Waals surface area contributed by atoms with Crippen LogP contribution in [-0.2, 0) is 17.8 Å². The Morgan fingerprint density at radius 1 is 0.958 bits per heavy atom. The molecule has 2 rings (SSSR count). The van der Waals surface area contributed by atoms with Gasteiger partial charge in [-0.2, -0.15) is 0 Å². The Bertz CT molecular complexity index is 718. The molecule has 24 heavy (non-hydrogen) atoms. The fraction of sp³-hybridized carbons (Fsp3) is 0.278. The van der Waals surface area contributed by atoms with Crippen LogP contribution in [0.5, 0.6) is 17.2 Å². The Morgan fingerprint density at radius 2 is 1.62 bits per heavy atom. The summed E-state index contributed by atoms with van der Waals surface area (Å²) in [6.45, 7) is 0.188. The van der Waals surface area contributed by atoms with Crippen molar-refractivity contribution in [3.8, 4) is 17.2 Å². The second kappa shape index (κ2) is 8.19. The van der Waals surface area contributed by atoms with Gasteiger partial charge in [0.05, 0.1) is 27.8 Å². The summed E-state index contributed by atoms with van der Waals surface area (Å²) in [5.41, 5.74) is 1.37. The Morgan fingerprint density at radius 3 is 2.29 bits per heavy atom. The molecule has 0 heterocycles. The SMILES string of the molecule is COc1ccc(F)cc1CNC(=O)Cc1ccc(OC)c(OC)c1. The maximum absolute atomic E-state index is 13.3. The van der Waals surface area contributed by atoms with Crippen LogP contribution in [0.3, 0.4) is 0 Å². The van der Waals surface area contributed by atoms with Crippen molar-refractivity contribution in [2.45, 2.75) is 13.0 Å². The van der Waals surface area contributed by atoms with Gasteiger partial charge in [-0.3, -0.25) is 4.79 Å². The third-order valence-electron chi connectivity index (χ3n) is 3.53. The van der Waals surface area contributed by atoms with Gasteiger partial charge >= 0.3 is 0 Å². The summed E-state index contributed by atoms with van der Waals surface area (Å²) >= 11 is 0. The van der Waals surface area contributed by atoms with E-state index in [9.17, 15) is 9.18 Å². The fourth-order valence-corrected chi connectivity index (χ4v) is 2.32. The minimum absolute atomic E-state index is 0.179. The van der Waals surface area contributed by atoms with Crippen LogP contribution in [0.4, 0.5) is 4.39 Å². The van der Waals surface area contributed by atoms with Crippen LogP contribution < -0.4 is 19.5 Å². The number of amides is 1. The van der Waals surface area contributed by atoms with Gasteiger partial charge in [-0.1, -0.05) is 6.07 Å². The van der Waals surface area contributed by atoms with E-state index in [1.165, 1.54) is 32.4 Å². The van der Waals surface area contributed by atoms with E-state index in [1.54, 1.807) is 25.3 Å². The average Bonchev–Trinajstić information content (AvgIpc) is 2.60. The normalized spacial score (nSPS) is 10.2. The van der Waals surface area contributed by atoms with E-state index in [-0.39, 0.29) is 24.7 Å². The van der Waals surface area contributed by atoms with Crippen molar-refractivity contribution in [1.82, 2.24) is 5.32 Å². The number of methoxy groups -OCH3 is 3. The van der Waals surface area contributed by atoms with Crippen molar-refractivity contribution in [3.05, 3.63) is 53.3 Å². The monoisotopic (exact) mass is 333 g/mol. The summed E-state index contributed by atoms with van der Waals surface area (Å²) in [6.07, 6.45) is 0.179. The van der Waals surface area contributed by atoms with Gasteiger partial charge < -0.3 is 19.5 Å². The molecule has 0 saturated carbocycles. The Hall–Kier alpha value is -2.76. The van der Waals surface area contributed by atoms with Crippen molar-refractivity contribution in [3.63, 3.8) is 0 Å². The lowest BCUT2D eigenvalue weighted by Gasteiger charge is -2.11. The molecule has 1 N–H and O–H groups in total. The Balaban J connectivity index is 2.00. The summed E-state index contributed by atoms with van der Waals surface area (Å²) < 4.78 is 28.9. The van der Waals surface area contributed by atoms with Crippen LogP contribution in [0.1, 0.15) is 11.1 Å². The number of halogens is 1. The molecule has 0 aromatic heterocycles. The summed E-state index contributed by atoms with van der Waals surface area (Å²) in [4.78, 5) is 12.1. The molecular formula is C18H20FNO4. The highest BCUT2D eigenvalue weighted by Crippen LogP contribution is 2.27. The van der Waals surface area contributed by atoms with E-state index < -0.39 is 0 Å². The Labute approximate surface area is 140 Å². The zero-order valence-corrected chi connectivity index (χ0v) is 13.9. The molecule has 5 nitrogen and oxygen atoms in total. The lowest BCUT2D eigenvalue weighted by Crippen LogP contribution is -2.24. The first kappa shape index (κ1) is 17.6. The second-order valence-corrected chi connectivity index (χ2v) is 5.10. The highest BCUT2D eigenvalue weighted by molar-refractivity contribution is 5.78. The molecule has 0 radical (unpaired) electrons. The van der Waals surface area contributed by atoms with Gasteiger partial charge in [-0.15, -0.1) is 0 Å². The van der Waals surface area contributed by atoms with E-state index >= 15 is 0 Å². The smallest absolute Gasteiger partial charge is 0.224 e. The maximum Gasteiger partial charge on any atom is 0.224 e. The van der Waals surface area contributed by atoms with Crippen molar-refractivity contribution >= 4 is 5.91 Å². The predicted molar refractivity (Wildman–Crippen MR) is 88.0 cm³/mol. The van der Waals surface area contributed by atoms with E-state index in [0.29, 0.717) is 22.8 Å². The molecule has 6 heteroatoms. The van der Waals surface area contributed by atoms with Crippen molar-refractivity contribution in [2.75, 3.05) is 21.3 Å². The maximum atomic E-state index is 13.3. The molecule has 2 aromatic rings. The first-order valence-electron chi connectivity index (χ1n) is 7.37. The summed E-state index contributed by atoms with van der Waals surface area (Å²) in [5.74, 6) is 1.14. The molecular weight excluding hydrogens is 313 g/mol. The third kappa shape index (κ3) is 4.38. The van der Waals surface area contributed by atoms with Gasteiger partial charge in [0.25, 0.3) is 0 Å². The van der Waals surface area contributed by atoms with Gasteiger partial charge in [0.15, 0.2) is 11.5 Å². The number of ether oxygens (including phenoxy) is 3. The summed E-state index contributed by atoms with van der Waals surface area (Å²) in [7, 11) is 4.59. The molecule has 1 amide bonds. The topological polar surface area (TPSA) is 56.8 Å². The highest BCUT2D eigenvalue weighted by Gasteiger charge is 2.10.